The van der Waals surface area contributed by atoms with E-state index < -0.39 is 0 Å². The topological polar surface area (TPSA) is 49.3 Å². The third-order valence-electron chi connectivity index (χ3n) is 2.30. The highest BCUT2D eigenvalue weighted by Crippen LogP contribution is 2.18. The maximum Gasteiger partial charge on any atom is 0.191 e. The van der Waals surface area contributed by atoms with E-state index in [4.69, 9.17) is 0 Å². The minimum atomic E-state index is 0.625. The molecule has 15 heavy (non-hydrogen) atoms. The van der Waals surface area contributed by atoms with Gasteiger partial charge in [-0.1, -0.05) is 6.07 Å². The first-order valence-electron chi connectivity index (χ1n) is 5.25. The molecule has 1 saturated carbocycles. The second-order valence-corrected chi connectivity index (χ2v) is 3.67. The van der Waals surface area contributed by atoms with E-state index in [0.717, 1.165) is 11.7 Å². The van der Waals surface area contributed by atoms with Crippen molar-refractivity contribution in [3.05, 3.63) is 30.1 Å². The lowest BCUT2D eigenvalue weighted by Crippen LogP contribution is -2.38. The van der Waals surface area contributed by atoms with Gasteiger partial charge < -0.3 is 10.6 Å². The van der Waals surface area contributed by atoms with E-state index in [1.807, 2.05) is 18.2 Å². The van der Waals surface area contributed by atoms with Gasteiger partial charge >= 0.3 is 0 Å². The number of hydrogen-bond donors (Lipinski definition) is 2. The molecule has 1 aliphatic rings. The minimum absolute atomic E-state index is 0.625. The van der Waals surface area contributed by atoms with Crippen molar-refractivity contribution in [3.8, 4) is 0 Å². The van der Waals surface area contributed by atoms with Gasteiger partial charge in [-0.2, -0.15) is 0 Å². The Hall–Kier alpha value is -1.58. The molecule has 0 unspecified atom stereocenters. The minimum Gasteiger partial charge on any atom is -0.354 e. The largest absolute Gasteiger partial charge is 0.354 e. The first-order chi connectivity index (χ1) is 7.38. The number of nitrogens with one attached hydrogen (secondary N) is 2. The number of aliphatic imine (C=N–C) groups is 1. The van der Waals surface area contributed by atoms with E-state index in [-0.39, 0.29) is 0 Å². The lowest BCUT2D eigenvalue weighted by atomic mass is 10.3. The van der Waals surface area contributed by atoms with Crippen molar-refractivity contribution in [2.45, 2.75) is 25.4 Å². The van der Waals surface area contributed by atoms with Crippen LogP contribution in [0, 0.1) is 0 Å². The average molecular weight is 204 g/mol. The van der Waals surface area contributed by atoms with Crippen molar-refractivity contribution < 1.29 is 0 Å². The highest BCUT2D eigenvalue weighted by molar-refractivity contribution is 5.80. The SMILES string of the molecule is CN=C(NCc1ccccn1)NC1CC1. The van der Waals surface area contributed by atoms with Gasteiger partial charge in [0.15, 0.2) is 5.96 Å². The summed E-state index contributed by atoms with van der Waals surface area (Å²) >= 11 is 0. The molecule has 0 radical (unpaired) electrons. The van der Waals surface area contributed by atoms with Crippen molar-refractivity contribution in [2.24, 2.45) is 4.99 Å². The van der Waals surface area contributed by atoms with E-state index in [9.17, 15) is 0 Å². The molecule has 1 heterocycles. The van der Waals surface area contributed by atoms with Gasteiger partial charge in [0.25, 0.3) is 0 Å². The molecule has 2 N–H and O–H groups in total. The fraction of sp³-hybridized carbons (Fsp3) is 0.455. The van der Waals surface area contributed by atoms with Crippen LogP contribution in [0.5, 0.6) is 0 Å². The zero-order chi connectivity index (χ0) is 10.5. The molecule has 1 fully saturated rings. The van der Waals surface area contributed by atoms with Crippen molar-refractivity contribution in [1.82, 2.24) is 15.6 Å². The van der Waals surface area contributed by atoms with Crippen LogP contribution in [0.3, 0.4) is 0 Å². The fourth-order valence-corrected chi connectivity index (χ4v) is 1.29. The van der Waals surface area contributed by atoms with Crippen LogP contribution in [0.15, 0.2) is 29.4 Å². The van der Waals surface area contributed by atoms with E-state index in [0.29, 0.717) is 12.6 Å². The monoisotopic (exact) mass is 204 g/mol. The smallest absolute Gasteiger partial charge is 0.191 e. The van der Waals surface area contributed by atoms with Gasteiger partial charge in [-0.3, -0.25) is 9.98 Å². The Balaban J connectivity index is 1.80. The lowest BCUT2D eigenvalue weighted by Gasteiger charge is -2.10. The molecule has 0 bridgehead atoms. The molecule has 0 saturated heterocycles. The van der Waals surface area contributed by atoms with Crippen LogP contribution in [0.4, 0.5) is 0 Å². The molecular weight excluding hydrogens is 188 g/mol. The molecule has 1 aliphatic carbocycles. The standard InChI is InChI=1S/C11H16N4/c1-12-11(15-9-5-6-9)14-8-10-4-2-3-7-13-10/h2-4,7,9H,5-6,8H2,1H3,(H2,12,14,15). The van der Waals surface area contributed by atoms with Crippen LogP contribution < -0.4 is 10.6 Å². The van der Waals surface area contributed by atoms with Crippen LogP contribution in [0.2, 0.25) is 0 Å². The molecule has 0 aliphatic heterocycles. The third kappa shape index (κ3) is 3.23. The maximum absolute atomic E-state index is 4.23. The molecule has 80 valence electrons. The summed E-state index contributed by atoms with van der Waals surface area (Å²) in [5.74, 6) is 0.864. The van der Waals surface area contributed by atoms with Gasteiger partial charge in [-0.25, -0.2) is 0 Å². The Morgan fingerprint density at radius 2 is 2.40 bits per heavy atom. The molecule has 4 heteroatoms. The Labute approximate surface area is 89.8 Å². The number of nitrogens with zero attached hydrogens (tertiary/aromatic N) is 2. The maximum atomic E-state index is 4.23. The molecule has 4 nitrogen and oxygen atoms in total. The Bertz CT molecular complexity index is 330. The number of guanidine groups is 1. The van der Waals surface area contributed by atoms with Crippen LogP contribution in [0.25, 0.3) is 0 Å². The molecule has 2 rings (SSSR count). The second-order valence-electron chi connectivity index (χ2n) is 3.67. The summed E-state index contributed by atoms with van der Waals surface area (Å²) in [5, 5.41) is 6.56. The Morgan fingerprint density at radius 3 is 3.00 bits per heavy atom. The average Bonchev–Trinajstić information content (AvgIpc) is 3.09. The fourth-order valence-electron chi connectivity index (χ4n) is 1.29. The molecule has 0 atom stereocenters. The van der Waals surface area contributed by atoms with Crippen LogP contribution in [-0.2, 0) is 6.54 Å². The van der Waals surface area contributed by atoms with Gasteiger partial charge in [0.2, 0.25) is 0 Å². The van der Waals surface area contributed by atoms with Crippen molar-refractivity contribution in [3.63, 3.8) is 0 Å². The summed E-state index contributed by atoms with van der Waals surface area (Å²) in [6.45, 7) is 0.716. The quantitative estimate of drug-likeness (QED) is 0.568. The number of hydrogen-bond acceptors (Lipinski definition) is 2. The zero-order valence-corrected chi connectivity index (χ0v) is 8.90. The number of aromatic nitrogens is 1. The van der Waals surface area contributed by atoms with E-state index in [2.05, 4.69) is 20.6 Å². The molecule has 0 spiro atoms. The summed E-state index contributed by atoms with van der Waals surface area (Å²) in [7, 11) is 1.79. The van der Waals surface area contributed by atoms with Crippen LogP contribution in [0.1, 0.15) is 18.5 Å². The number of rotatable bonds is 3. The Kier molecular flexibility index (Phi) is 3.17. The summed E-state index contributed by atoms with van der Waals surface area (Å²) in [5.41, 5.74) is 1.02. The third-order valence-corrected chi connectivity index (χ3v) is 2.30. The van der Waals surface area contributed by atoms with Crippen LogP contribution in [-0.4, -0.2) is 24.0 Å². The molecule has 0 amide bonds. The summed E-state index contributed by atoms with van der Waals surface area (Å²) < 4.78 is 0. The van der Waals surface area contributed by atoms with Gasteiger partial charge in [0.05, 0.1) is 12.2 Å². The number of pyridine rings is 1. The molecular formula is C11H16N4. The molecule has 1 aromatic heterocycles. The lowest BCUT2D eigenvalue weighted by molar-refractivity contribution is 0.791. The normalized spacial score (nSPS) is 16.2. The second kappa shape index (κ2) is 4.77. The predicted molar refractivity (Wildman–Crippen MR) is 60.6 cm³/mol. The van der Waals surface area contributed by atoms with Gasteiger partial charge in [-0.15, -0.1) is 0 Å². The zero-order valence-electron chi connectivity index (χ0n) is 8.90. The summed E-state index contributed by atoms with van der Waals surface area (Å²) in [6, 6.07) is 6.53. The van der Waals surface area contributed by atoms with Gasteiger partial charge in [-0.05, 0) is 25.0 Å². The van der Waals surface area contributed by atoms with E-state index >= 15 is 0 Å². The Morgan fingerprint density at radius 1 is 1.53 bits per heavy atom. The predicted octanol–water partition coefficient (Wildman–Crippen LogP) is 0.909. The van der Waals surface area contributed by atoms with Gasteiger partial charge in [0, 0.05) is 19.3 Å². The van der Waals surface area contributed by atoms with E-state index in [1.54, 1.807) is 13.2 Å². The molecule has 1 aromatic rings. The van der Waals surface area contributed by atoms with Crippen molar-refractivity contribution in [2.75, 3.05) is 7.05 Å². The van der Waals surface area contributed by atoms with Crippen LogP contribution >= 0.6 is 0 Å². The van der Waals surface area contributed by atoms with Crippen molar-refractivity contribution >= 4 is 5.96 Å². The summed E-state index contributed by atoms with van der Waals surface area (Å²) in [4.78, 5) is 8.38. The first kappa shape index (κ1) is 9.96. The highest BCUT2D eigenvalue weighted by atomic mass is 15.2. The first-order valence-corrected chi connectivity index (χ1v) is 5.25. The molecule has 0 aromatic carbocycles. The van der Waals surface area contributed by atoms with Gasteiger partial charge in [0.1, 0.15) is 0 Å². The summed E-state index contributed by atoms with van der Waals surface area (Å²) in [6.07, 6.45) is 4.31. The van der Waals surface area contributed by atoms with Crippen molar-refractivity contribution in [1.29, 1.82) is 0 Å². The highest BCUT2D eigenvalue weighted by Gasteiger charge is 2.21. The van der Waals surface area contributed by atoms with E-state index in [1.165, 1.54) is 12.8 Å².